The second-order valence-electron chi connectivity index (χ2n) is 6.85. The van der Waals surface area contributed by atoms with Gasteiger partial charge in [-0.05, 0) is 45.3 Å². The molecule has 27 heavy (non-hydrogen) atoms. The zero-order valence-corrected chi connectivity index (χ0v) is 15.8. The van der Waals surface area contributed by atoms with E-state index in [-0.39, 0.29) is 6.09 Å². The van der Waals surface area contributed by atoms with Crippen LogP contribution in [0.1, 0.15) is 27.1 Å². The fourth-order valence-corrected chi connectivity index (χ4v) is 4.89. The van der Waals surface area contributed by atoms with Crippen molar-refractivity contribution in [2.45, 2.75) is 26.2 Å². The van der Waals surface area contributed by atoms with Gasteiger partial charge in [0.15, 0.2) is 0 Å². The third kappa shape index (κ3) is 2.66. The van der Waals surface area contributed by atoms with Gasteiger partial charge in [-0.3, -0.25) is 4.90 Å². The molecule has 0 bridgehead atoms. The van der Waals surface area contributed by atoms with E-state index in [1.165, 1.54) is 39.8 Å². The lowest BCUT2D eigenvalue weighted by Gasteiger charge is -2.32. The molecule has 0 saturated heterocycles. The zero-order valence-electron chi connectivity index (χ0n) is 15.0. The van der Waals surface area contributed by atoms with E-state index >= 15 is 0 Å². The molecule has 0 radical (unpaired) electrons. The molecule has 1 aromatic heterocycles. The summed E-state index contributed by atoms with van der Waals surface area (Å²) >= 11 is 1.78. The predicted molar refractivity (Wildman–Crippen MR) is 106 cm³/mol. The number of para-hydroxylation sites is 1. The molecule has 136 valence electrons. The highest BCUT2D eigenvalue weighted by molar-refractivity contribution is 7.09. The summed E-state index contributed by atoms with van der Waals surface area (Å²) in [4.78, 5) is 15.5. The Kier molecular flexibility index (Phi) is 3.99. The maximum Gasteiger partial charge on any atom is 0.414 e. The number of carbonyl (C=O) groups excluding carboxylic acids is 1. The van der Waals surface area contributed by atoms with Crippen molar-refractivity contribution in [1.82, 2.24) is 0 Å². The van der Waals surface area contributed by atoms with Crippen LogP contribution in [0.5, 0.6) is 0 Å². The second kappa shape index (κ2) is 6.51. The maximum atomic E-state index is 12.5. The third-order valence-corrected chi connectivity index (χ3v) is 6.22. The first kappa shape index (κ1) is 16.5. The Morgan fingerprint density at radius 1 is 1.19 bits per heavy atom. The first-order valence-corrected chi connectivity index (χ1v) is 9.85. The van der Waals surface area contributed by atoms with Gasteiger partial charge in [0, 0.05) is 16.9 Å². The lowest BCUT2D eigenvalue weighted by atomic mass is 9.84. The molecule has 2 aliphatic rings. The highest BCUT2D eigenvalue weighted by Gasteiger charge is 2.32. The van der Waals surface area contributed by atoms with Crippen molar-refractivity contribution in [2.24, 2.45) is 0 Å². The number of benzene rings is 2. The van der Waals surface area contributed by atoms with Crippen molar-refractivity contribution < 1.29 is 14.3 Å². The molecule has 1 amide bonds. The van der Waals surface area contributed by atoms with Crippen LogP contribution in [0, 0.1) is 0 Å². The topological polar surface area (TPSA) is 38.8 Å². The Morgan fingerprint density at radius 2 is 2.07 bits per heavy atom. The van der Waals surface area contributed by atoms with Crippen LogP contribution < -0.4 is 4.90 Å². The van der Waals surface area contributed by atoms with Crippen molar-refractivity contribution in [3.05, 3.63) is 75.0 Å². The Labute approximate surface area is 162 Å². The lowest BCUT2D eigenvalue weighted by molar-refractivity contribution is 0.134. The van der Waals surface area contributed by atoms with E-state index in [2.05, 4.69) is 29.6 Å². The van der Waals surface area contributed by atoms with E-state index in [1.807, 2.05) is 18.2 Å². The van der Waals surface area contributed by atoms with Crippen LogP contribution in [-0.4, -0.2) is 13.2 Å². The van der Waals surface area contributed by atoms with Gasteiger partial charge in [0.05, 0.1) is 32.6 Å². The number of amides is 1. The lowest BCUT2D eigenvalue weighted by Crippen LogP contribution is -2.33. The number of hydrogen-bond donors (Lipinski definition) is 0. The molecule has 0 spiro atoms. The van der Waals surface area contributed by atoms with Crippen molar-refractivity contribution in [3.8, 4) is 11.1 Å². The average molecular weight is 377 g/mol. The molecule has 0 aliphatic carbocycles. The molecule has 4 nitrogen and oxygen atoms in total. The summed E-state index contributed by atoms with van der Waals surface area (Å²) in [5.74, 6) is 0. The number of hydrogen-bond acceptors (Lipinski definition) is 4. The number of nitrogens with zero attached hydrogens (tertiary/aromatic N) is 1. The smallest absolute Gasteiger partial charge is 0.414 e. The molecule has 5 rings (SSSR count). The molecule has 2 aromatic carbocycles. The molecule has 0 unspecified atom stereocenters. The van der Waals surface area contributed by atoms with Crippen LogP contribution in [0.3, 0.4) is 0 Å². The number of fused-ring (bicyclic) bond motifs is 5. The summed E-state index contributed by atoms with van der Waals surface area (Å²) < 4.78 is 10.8. The van der Waals surface area contributed by atoms with E-state index in [9.17, 15) is 4.79 Å². The summed E-state index contributed by atoms with van der Waals surface area (Å²) in [5, 5.41) is 2.12. The monoisotopic (exact) mass is 377 g/mol. The molecule has 5 heteroatoms. The van der Waals surface area contributed by atoms with Crippen molar-refractivity contribution in [1.29, 1.82) is 0 Å². The van der Waals surface area contributed by atoms with Gasteiger partial charge in [0.25, 0.3) is 0 Å². The fourth-order valence-electron chi connectivity index (χ4n) is 4.17. The first-order valence-electron chi connectivity index (χ1n) is 8.97. The largest absolute Gasteiger partial charge is 0.452 e. The molecular weight excluding hydrogens is 358 g/mol. The van der Waals surface area contributed by atoms with Crippen LogP contribution in [0.2, 0.25) is 0 Å². The minimum absolute atomic E-state index is 0.329. The van der Waals surface area contributed by atoms with E-state index in [0.717, 1.165) is 17.7 Å². The highest BCUT2D eigenvalue weighted by atomic mass is 32.1. The van der Waals surface area contributed by atoms with Crippen molar-refractivity contribution >= 4 is 23.1 Å². The summed E-state index contributed by atoms with van der Waals surface area (Å²) in [6, 6.07) is 14.7. The quantitative estimate of drug-likeness (QED) is 0.622. The Hall–Kier alpha value is -2.63. The van der Waals surface area contributed by atoms with Gasteiger partial charge in [0.1, 0.15) is 0 Å². The normalized spacial score (nSPS) is 14.5. The summed E-state index contributed by atoms with van der Waals surface area (Å²) in [5.41, 5.74) is 8.21. The number of anilines is 1. The number of thiophene rings is 1. The maximum absolute atomic E-state index is 12.5. The van der Waals surface area contributed by atoms with Gasteiger partial charge in [-0.25, -0.2) is 4.79 Å². The molecule has 0 N–H and O–H groups in total. The highest BCUT2D eigenvalue weighted by Crippen LogP contribution is 2.45. The number of rotatable bonds is 2. The van der Waals surface area contributed by atoms with Gasteiger partial charge < -0.3 is 9.47 Å². The van der Waals surface area contributed by atoms with E-state index < -0.39 is 0 Å². The van der Waals surface area contributed by atoms with Crippen molar-refractivity contribution in [3.63, 3.8) is 0 Å². The van der Waals surface area contributed by atoms with E-state index in [4.69, 9.17) is 9.47 Å². The van der Waals surface area contributed by atoms with Crippen LogP contribution in [-0.2, 0) is 35.7 Å². The Balaban J connectivity index is 1.74. The third-order valence-electron chi connectivity index (χ3n) is 5.35. The van der Waals surface area contributed by atoms with Crippen LogP contribution >= 0.6 is 11.3 Å². The van der Waals surface area contributed by atoms with Gasteiger partial charge in [0.2, 0.25) is 0 Å². The molecule has 3 heterocycles. The SMILES string of the molecule is COC(=O)N1Cc2c3c(cc(Cc4cccs4)c2-c2ccccc21)COC3. The van der Waals surface area contributed by atoms with Crippen LogP contribution in [0.15, 0.2) is 47.8 Å². The minimum Gasteiger partial charge on any atom is -0.452 e. The molecular formula is C22H19NO3S. The number of methoxy groups -OCH3 is 1. The fraction of sp³-hybridized carbons (Fsp3) is 0.227. The summed E-state index contributed by atoms with van der Waals surface area (Å²) in [6.45, 7) is 1.76. The minimum atomic E-state index is -0.329. The molecule has 0 fully saturated rings. The van der Waals surface area contributed by atoms with Crippen molar-refractivity contribution in [2.75, 3.05) is 12.0 Å². The Bertz CT molecular complexity index is 1030. The first-order chi connectivity index (χ1) is 13.3. The second-order valence-corrected chi connectivity index (χ2v) is 7.88. The standard InChI is InChI=1S/C22H19NO3S/c1-25-22(24)23-11-18-19-13-26-12-15(19)9-14(10-16-5-4-8-27-16)21(18)17-6-2-3-7-20(17)23/h2-9H,10-13H2,1H3. The number of carbonyl (C=O) groups is 1. The van der Waals surface area contributed by atoms with E-state index in [1.54, 1.807) is 16.2 Å². The Morgan fingerprint density at radius 3 is 2.89 bits per heavy atom. The molecule has 2 aliphatic heterocycles. The summed E-state index contributed by atoms with van der Waals surface area (Å²) in [7, 11) is 1.43. The molecule has 0 atom stereocenters. The molecule has 3 aromatic rings. The predicted octanol–water partition coefficient (Wildman–Crippen LogP) is 5.12. The van der Waals surface area contributed by atoms with Gasteiger partial charge in [-0.15, -0.1) is 11.3 Å². The van der Waals surface area contributed by atoms with Gasteiger partial charge in [-0.1, -0.05) is 30.3 Å². The average Bonchev–Trinajstić information content (AvgIpc) is 3.38. The number of ether oxygens (including phenoxy) is 2. The van der Waals surface area contributed by atoms with Crippen LogP contribution in [0.4, 0.5) is 10.5 Å². The van der Waals surface area contributed by atoms with Gasteiger partial charge >= 0.3 is 6.09 Å². The summed E-state index contributed by atoms with van der Waals surface area (Å²) in [6.07, 6.45) is 0.559. The van der Waals surface area contributed by atoms with E-state index in [0.29, 0.717) is 19.8 Å². The van der Waals surface area contributed by atoms with Crippen LogP contribution in [0.25, 0.3) is 11.1 Å². The molecule has 0 saturated carbocycles. The van der Waals surface area contributed by atoms with Gasteiger partial charge in [-0.2, -0.15) is 0 Å². The zero-order chi connectivity index (χ0) is 18.4.